The van der Waals surface area contributed by atoms with Gasteiger partial charge >= 0.3 is 0 Å². The van der Waals surface area contributed by atoms with Crippen molar-refractivity contribution in [3.63, 3.8) is 0 Å². The minimum Gasteiger partial charge on any atom is -0.497 e. The molecule has 1 aromatic carbocycles. The highest BCUT2D eigenvalue weighted by Crippen LogP contribution is 2.16. The molecule has 19 heavy (non-hydrogen) atoms. The highest BCUT2D eigenvalue weighted by Gasteiger charge is 2.12. The molecule has 98 valence electrons. The minimum absolute atomic E-state index is 0.0189. The van der Waals surface area contributed by atoms with Crippen LogP contribution in [0.3, 0.4) is 0 Å². The molecule has 0 fully saturated rings. The summed E-state index contributed by atoms with van der Waals surface area (Å²) in [5.74, 6) is 0.182. The van der Waals surface area contributed by atoms with E-state index in [4.69, 9.17) is 15.2 Å². The number of methoxy groups -OCH3 is 1. The van der Waals surface area contributed by atoms with E-state index in [-0.39, 0.29) is 18.2 Å². The Hall–Kier alpha value is -2.63. The first kappa shape index (κ1) is 12.8. The van der Waals surface area contributed by atoms with Crippen molar-refractivity contribution < 1.29 is 14.3 Å². The predicted octanol–water partition coefficient (Wildman–Crippen LogP) is 1.16. The van der Waals surface area contributed by atoms with E-state index in [0.717, 1.165) is 11.3 Å². The van der Waals surface area contributed by atoms with Crippen LogP contribution >= 0.6 is 0 Å². The van der Waals surface area contributed by atoms with Gasteiger partial charge in [-0.2, -0.15) is 0 Å². The van der Waals surface area contributed by atoms with Crippen molar-refractivity contribution in [3.8, 4) is 11.6 Å². The average molecular weight is 259 g/mol. The van der Waals surface area contributed by atoms with Crippen molar-refractivity contribution in [2.45, 2.75) is 6.61 Å². The third-order valence-corrected chi connectivity index (χ3v) is 2.41. The number of nitrogens with zero attached hydrogens (tertiary/aromatic N) is 2. The molecule has 0 aliphatic heterocycles. The van der Waals surface area contributed by atoms with Gasteiger partial charge in [-0.15, -0.1) is 0 Å². The topological polar surface area (TPSA) is 87.3 Å². The van der Waals surface area contributed by atoms with Gasteiger partial charge in [0.25, 0.3) is 5.91 Å². The SMILES string of the molecule is COc1cccc(COc2nccnc2C(N)=O)c1. The van der Waals surface area contributed by atoms with E-state index in [9.17, 15) is 4.79 Å². The molecule has 0 bridgehead atoms. The molecule has 6 nitrogen and oxygen atoms in total. The van der Waals surface area contributed by atoms with Crippen molar-refractivity contribution in [2.24, 2.45) is 5.73 Å². The zero-order chi connectivity index (χ0) is 13.7. The molecule has 1 aromatic heterocycles. The maximum Gasteiger partial charge on any atom is 0.272 e. The van der Waals surface area contributed by atoms with Crippen molar-refractivity contribution in [2.75, 3.05) is 7.11 Å². The van der Waals surface area contributed by atoms with Gasteiger partial charge in [0.15, 0.2) is 5.69 Å². The minimum atomic E-state index is -0.672. The largest absolute Gasteiger partial charge is 0.497 e. The quantitative estimate of drug-likeness (QED) is 0.870. The summed E-state index contributed by atoms with van der Waals surface area (Å²) in [5, 5.41) is 0. The molecule has 0 atom stereocenters. The molecule has 1 amide bonds. The van der Waals surface area contributed by atoms with Gasteiger partial charge in [0.1, 0.15) is 12.4 Å². The smallest absolute Gasteiger partial charge is 0.272 e. The number of carbonyl (C=O) groups excluding carboxylic acids is 1. The van der Waals surface area contributed by atoms with Crippen molar-refractivity contribution in [3.05, 3.63) is 47.9 Å². The summed E-state index contributed by atoms with van der Waals surface area (Å²) < 4.78 is 10.6. The first-order valence-electron chi connectivity index (χ1n) is 5.57. The summed E-state index contributed by atoms with van der Waals surface area (Å²) in [4.78, 5) is 18.9. The molecule has 0 aliphatic rings. The molecule has 0 saturated carbocycles. The normalized spacial score (nSPS) is 9.95. The van der Waals surface area contributed by atoms with E-state index in [1.165, 1.54) is 12.4 Å². The molecular weight excluding hydrogens is 246 g/mol. The summed E-state index contributed by atoms with van der Waals surface area (Å²) in [7, 11) is 1.59. The van der Waals surface area contributed by atoms with Crippen LogP contribution in [-0.2, 0) is 6.61 Å². The number of hydrogen-bond acceptors (Lipinski definition) is 5. The third kappa shape index (κ3) is 3.19. The highest BCUT2D eigenvalue weighted by atomic mass is 16.5. The summed E-state index contributed by atoms with van der Waals surface area (Å²) in [6, 6.07) is 7.40. The maximum atomic E-state index is 11.2. The van der Waals surface area contributed by atoms with Crippen LogP contribution in [0.2, 0.25) is 0 Å². The third-order valence-electron chi connectivity index (χ3n) is 2.41. The lowest BCUT2D eigenvalue weighted by Gasteiger charge is -2.08. The number of aromatic nitrogens is 2. The Kier molecular flexibility index (Phi) is 3.92. The van der Waals surface area contributed by atoms with Gasteiger partial charge < -0.3 is 15.2 Å². The Bertz CT molecular complexity index is 587. The first-order valence-corrected chi connectivity index (χ1v) is 5.57. The molecule has 0 spiro atoms. The van der Waals surface area contributed by atoms with Gasteiger partial charge in [-0.25, -0.2) is 9.97 Å². The fourth-order valence-electron chi connectivity index (χ4n) is 1.51. The molecule has 2 rings (SSSR count). The first-order chi connectivity index (χ1) is 9.20. The zero-order valence-electron chi connectivity index (χ0n) is 10.4. The fraction of sp³-hybridized carbons (Fsp3) is 0.154. The van der Waals surface area contributed by atoms with Crippen LogP contribution in [0.1, 0.15) is 16.1 Å². The van der Waals surface area contributed by atoms with Crippen LogP contribution in [0, 0.1) is 0 Å². The Balaban J connectivity index is 2.12. The van der Waals surface area contributed by atoms with Gasteiger partial charge in [0.05, 0.1) is 7.11 Å². The second-order valence-corrected chi connectivity index (χ2v) is 3.71. The van der Waals surface area contributed by atoms with Crippen LogP contribution < -0.4 is 15.2 Å². The lowest BCUT2D eigenvalue weighted by molar-refractivity contribution is 0.0989. The molecule has 2 N–H and O–H groups in total. The van der Waals surface area contributed by atoms with Crippen molar-refractivity contribution in [1.29, 1.82) is 0 Å². The highest BCUT2D eigenvalue weighted by molar-refractivity contribution is 5.92. The molecule has 0 saturated heterocycles. The zero-order valence-corrected chi connectivity index (χ0v) is 10.4. The van der Waals surface area contributed by atoms with Crippen LogP contribution in [0.25, 0.3) is 0 Å². The van der Waals surface area contributed by atoms with E-state index >= 15 is 0 Å². The average Bonchev–Trinajstić information content (AvgIpc) is 2.45. The number of nitrogens with two attached hydrogens (primary N) is 1. The van der Waals surface area contributed by atoms with Gasteiger partial charge in [0, 0.05) is 12.4 Å². The van der Waals surface area contributed by atoms with E-state index in [1.807, 2.05) is 24.3 Å². The predicted molar refractivity (Wildman–Crippen MR) is 67.9 cm³/mol. The molecule has 0 unspecified atom stereocenters. The number of hydrogen-bond donors (Lipinski definition) is 1. The molecule has 1 heterocycles. The molecule has 6 heteroatoms. The van der Waals surface area contributed by atoms with Gasteiger partial charge in [0.2, 0.25) is 5.88 Å². The molecular formula is C13H13N3O3. The van der Waals surface area contributed by atoms with E-state index in [1.54, 1.807) is 7.11 Å². The van der Waals surface area contributed by atoms with Crippen LogP contribution in [0.5, 0.6) is 11.6 Å². The van der Waals surface area contributed by atoms with Gasteiger partial charge in [-0.3, -0.25) is 4.79 Å². The number of amides is 1. The van der Waals surface area contributed by atoms with Gasteiger partial charge in [-0.1, -0.05) is 12.1 Å². The van der Waals surface area contributed by atoms with Crippen LogP contribution in [0.4, 0.5) is 0 Å². The van der Waals surface area contributed by atoms with Gasteiger partial charge in [-0.05, 0) is 17.7 Å². The monoisotopic (exact) mass is 259 g/mol. The van der Waals surface area contributed by atoms with E-state index in [0.29, 0.717) is 0 Å². The summed E-state index contributed by atoms with van der Waals surface area (Å²) >= 11 is 0. The second-order valence-electron chi connectivity index (χ2n) is 3.71. The summed E-state index contributed by atoms with van der Waals surface area (Å²) in [6.45, 7) is 0.246. The number of ether oxygens (including phenoxy) is 2. The number of rotatable bonds is 5. The van der Waals surface area contributed by atoms with E-state index < -0.39 is 5.91 Å². The Labute approximate surface area is 110 Å². The summed E-state index contributed by atoms with van der Waals surface area (Å²) in [5.41, 5.74) is 6.10. The number of primary amides is 1. The Morgan fingerprint density at radius 3 is 2.84 bits per heavy atom. The van der Waals surface area contributed by atoms with Crippen molar-refractivity contribution in [1.82, 2.24) is 9.97 Å². The fourth-order valence-corrected chi connectivity index (χ4v) is 1.51. The second kappa shape index (κ2) is 5.81. The summed E-state index contributed by atoms with van der Waals surface area (Å²) in [6.07, 6.45) is 2.83. The molecule has 0 radical (unpaired) electrons. The lowest BCUT2D eigenvalue weighted by Crippen LogP contribution is -2.15. The Morgan fingerprint density at radius 1 is 1.32 bits per heavy atom. The number of carbonyl (C=O) groups is 1. The van der Waals surface area contributed by atoms with E-state index in [2.05, 4.69) is 9.97 Å². The van der Waals surface area contributed by atoms with Crippen LogP contribution in [0.15, 0.2) is 36.7 Å². The lowest BCUT2D eigenvalue weighted by atomic mass is 10.2. The number of benzene rings is 1. The molecule has 2 aromatic rings. The maximum absolute atomic E-state index is 11.2. The van der Waals surface area contributed by atoms with Crippen molar-refractivity contribution >= 4 is 5.91 Å². The van der Waals surface area contributed by atoms with Crippen LogP contribution in [-0.4, -0.2) is 23.0 Å². The molecule has 0 aliphatic carbocycles. The standard InChI is InChI=1S/C13H13N3O3/c1-18-10-4-2-3-9(7-10)8-19-13-11(12(14)17)15-5-6-16-13/h2-7H,8H2,1H3,(H2,14,17). The Morgan fingerprint density at radius 2 is 2.11 bits per heavy atom.